The van der Waals surface area contributed by atoms with Gasteiger partial charge in [-0.05, 0) is 23.6 Å². The van der Waals surface area contributed by atoms with Gasteiger partial charge in [0.1, 0.15) is 0 Å². The quantitative estimate of drug-likeness (QED) is 0.608. The first-order chi connectivity index (χ1) is 8.68. The second-order valence-corrected chi connectivity index (χ2v) is 5.56. The van der Waals surface area contributed by atoms with Gasteiger partial charge < -0.3 is 0 Å². The molecule has 0 N–H and O–H groups in total. The number of alkyl halides is 2. The number of halogens is 3. The lowest BCUT2D eigenvalue weighted by molar-refractivity contribution is 0.769. The van der Waals surface area contributed by atoms with E-state index in [0.717, 1.165) is 11.1 Å². The van der Waals surface area contributed by atoms with E-state index in [-0.39, 0.29) is 10.8 Å². The van der Waals surface area contributed by atoms with Crippen LogP contribution in [0.25, 0.3) is 0 Å². The SMILES string of the molecule is Clc1ccccc1C(Cl)CC(Cl)c1ccccc1. The lowest BCUT2D eigenvalue weighted by Gasteiger charge is -2.15. The van der Waals surface area contributed by atoms with Crippen LogP contribution in [-0.2, 0) is 0 Å². The van der Waals surface area contributed by atoms with Crippen LogP contribution in [0.1, 0.15) is 28.3 Å². The Bertz CT molecular complexity index is 496. The molecule has 18 heavy (non-hydrogen) atoms. The molecule has 94 valence electrons. The first-order valence-electron chi connectivity index (χ1n) is 5.76. The molecule has 0 radical (unpaired) electrons. The number of benzene rings is 2. The van der Waals surface area contributed by atoms with Gasteiger partial charge in [-0.25, -0.2) is 0 Å². The Morgan fingerprint density at radius 1 is 0.778 bits per heavy atom. The van der Waals surface area contributed by atoms with E-state index in [2.05, 4.69) is 0 Å². The van der Waals surface area contributed by atoms with E-state index in [9.17, 15) is 0 Å². The smallest absolute Gasteiger partial charge is 0.0617 e. The first kappa shape index (κ1) is 13.7. The fraction of sp³-hybridized carbons (Fsp3) is 0.200. The minimum Gasteiger partial charge on any atom is -0.118 e. The second kappa shape index (κ2) is 6.47. The highest BCUT2D eigenvalue weighted by atomic mass is 35.5. The Labute approximate surface area is 122 Å². The zero-order chi connectivity index (χ0) is 13.0. The molecule has 3 heteroatoms. The van der Waals surface area contributed by atoms with E-state index in [1.807, 2.05) is 54.6 Å². The number of hydrogen-bond acceptors (Lipinski definition) is 0. The molecule has 0 nitrogen and oxygen atoms in total. The minimum absolute atomic E-state index is 0.107. The molecule has 0 fully saturated rings. The second-order valence-electron chi connectivity index (χ2n) is 4.10. The van der Waals surface area contributed by atoms with E-state index < -0.39 is 0 Å². The Kier molecular flexibility index (Phi) is 4.94. The van der Waals surface area contributed by atoms with Crippen LogP contribution in [0.15, 0.2) is 54.6 Å². The summed E-state index contributed by atoms with van der Waals surface area (Å²) < 4.78 is 0. The monoisotopic (exact) mass is 298 g/mol. The Morgan fingerprint density at radius 2 is 1.39 bits per heavy atom. The van der Waals surface area contributed by atoms with Crippen LogP contribution < -0.4 is 0 Å². The molecule has 0 spiro atoms. The molecule has 2 aromatic rings. The van der Waals surface area contributed by atoms with Crippen LogP contribution in [-0.4, -0.2) is 0 Å². The third kappa shape index (κ3) is 3.41. The molecule has 0 heterocycles. The third-order valence-corrected chi connectivity index (χ3v) is 4.01. The van der Waals surface area contributed by atoms with Gasteiger partial charge >= 0.3 is 0 Å². The van der Waals surface area contributed by atoms with Crippen molar-refractivity contribution < 1.29 is 0 Å². The fourth-order valence-corrected chi connectivity index (χ4v) is 2.94. The minimum atomic E-state index is -0.179. The summed E-state index contributed by atoms with van der Waals surface area (Å²) in [6.07, 6.45) is 0.650. The third-order valence-electron chi connectivity index (χ3n) is 2.82. The standard InChI is InChI=1S/C15H13Cl3/c16-13-9-5-4-8-12(13)15(18)10-14(17)11-6-2-1-3-7-11/h1-9,14-15H,10H2. The van der Waals surface area contributed by atoms with Crippen LogP contribution in [0.3, 0.4) is 0 Å². The normalized spacial score (nSPS) is 14.2. The van der Waals surface area contributed by atoms with Gasteiger partial charge in [0.05, 0.1) is 10.8 Å². The van der Waals surface area contributed by atoms with Crippen molar-refractivity contribution in [3.63, 3.8) is 0 Å². The Morgan fingerprint density at radius 3 is 2.06 bits per heavy atom. The van der Waals surface area contributed by atoms with Crippen molar-refractivity contribution in [2.45, 2.75) is 17.2 Å². The van der Waals surface area contributed by atoms with Gasteiger partial charge in [-0.15, -0.1) is 23.2 Å². The van der Waals surface area contributed by atoms with Crippen LogP contribution in [0, 0.1) is 0 Å². The topological polar surface area (TPSA) is 0 Å². The molecular formula is C15H13Cl3. The average molecular weight is 300 g/mol. The highest BCUT2D eigenvalue weighted by molar-refractivity contribution is 6.33. The van der Waals surface area contributed by atoms with E-state index in [1.165, 1.54) is 0 Å². The number of hydrogen-bond donors (Lipinski definition) is 0. The van der Waals surface area contributed by atoms with Crippen molar-refractivity contribution in [3.8, 4) is 0 Å². The summed E-state index contributed by atoms with van der Waals surface area (Å²) in [5.74, 6) is 0. The average Bonchev–Trinajstić information content (AvgIpc) is 2.40. The molecule has 0 bridgehead atoms. The summed E-state index contributed by atoms with van der Waals surface area (Å²) in [6, 6.07) is 17.5. The zero-order valence-electron chi connectivity index (χ0n) is 9.69. The largest absolute Gasteiger partial charge is 0.118 e. The summed E-state index contributed by atoms with van der Waals surface area (Å²) in [6.45, 7) is 0. The van der Waals surface area contributed by atoms with Crippen LogP contribution in [0.4, 0.5) is 0 Å². The van der Waals surface area contributed by atoms with E-state index in [1.54, 1.807) is 0 Å². The van der Waals surface area contributed by atoms with Crippen LogP contribution in [0.2, 0.25) is 5.02 Å². The summed E-state index contributed by atoms with van der Waals surface area (Å²) in [4.78, 5) is 0. The zero-order valence-corrected chi connectivity index (χ0v) is 12.0. The van der Waals surface area contributed by atoms with Crippen molar-refractivity contribution in [2.24, 2.45) is 0 Å². The highest BCUT2D eigenvalue weighted by Gasteiger charge is 2.17. The predicted octanol–water partition coefficient (Wildman–Crippen LogP) is 5.99. The summed E-state index contributed by atoms with van der Waals surface area (Å²) in [5.41, 5.74) is 2.01. The molecule has 0 aliphatic carbocycles. The van der Waals surface area contributed by atoms with Crippen LogP contribution >= 0.6 is 34.8 Å². The van der Waals surface area contributed by atoms with Gasteiger partial charge in [0.2, 0.25) is 0 Å². The molecule has 0 saturated heterocycles. The molecular weight excluding hydrogens is 287 g/mol. The van der Waals surface area contributed by atoms with Crippen LogP contribution in [0.5, 0.6) is 0 Å². The van der Waals surface area contributed by atoms with Crippen molar-refractivity contribution in [1.29, 1.82) is 0 Å². The maximum Gasteiger partial charge on any atom is 0.0617 e. The van der Waals surface area contributed by atoms with Crippen molar-refractivity contribution in [1.82, 2.24) is 0 Å². The van der Waals surface area contributed by atoms with Gasteiger partial charge in [-0.2, -0.15) is 0 Å². The molecule has 0 saturated carbocycles. The molecule has 2 atom stereocenters. The Hall–Kier alpha value is -0.690. The van der Waals surface area contributed by atoms with E-state index >= 15 is 0 Å². The molecule has 0 aliphatic rings. The maximum atomic E-state index is 6.39. The molecule has 2 rings (SSSR count). The fourth-order valence-electron chi connectivity index (χ4n) is 1.84. The van der Waals surface area contributed by atoms with Gasteiger partial charge in [0.15, 0.2) is 0 Å². The van der Waals surface area contributed by atoms with Gasteiger partial charge in [0, 0.05) is 5.02 Å². The van der Waals surface area contributed by atoms with Crippen molar-refractivity contribution in [3.05, 3.63) is 70.7 Å². The van der Waals surface area contributed by atoms with E-state index in [4.69, 9.17) is 34.8 Å². The molecule has 0 amide bonds. The summed E-state index contributed by atoms with van der Waals surface area (Å²) >= 11 is 18.9. The number of rotatable bonds is 4. The molecule has 0 aliphatic heterocycles. The maximum absolute atomic E-state index is 6.39. The summed E-state index contributed by atoms with van der Waals surface area (Å²) in [5, 5.41) is 0.404. The lowest BCUT2D eigenvalue weighted by atomic mass is 10.0. The molecule has 2 aromatic carbocycles. The highest BCUT2D eigenvalue weighted by Crippen LogP contribution is 2.37. The summed E-state index contributed by atoms with van der Waals surface area (Å²) in [7, 11) is 0. The molecule has 0 aromatic heterocycles. The van der Waals surface area contributed by atoms with Crippen molar-refractivity contribution >= 4 is 34.8 Å². The Balaban J connectivity index is 2.08. The first-order valence-corrected chi connectivity index (χ1v) is 7.01. The van der Waals surface area contributed by atoms with Crippen molar-refractivity contribution in [2.75, 3.05) is 0 Å². The van der Waals surface area contributed by atoms with Gasteiger partial charge in [-0.3, -0.25) is 0 Å². The van der Waals surface area contributed by atoms with Gasteiger partial charge in [-0.1, -0.05) is 60.1 Å². The van der Waals surface area contributed by atoms with Gasteiger partial charge in [0.25, 0.3) is 0 Å². The molecule has 2 unspecified atom stereocenters. The lowest BCUT2D eigenvalue weighted by Crippen LogP contribution is -1.98. The predicted molar refractivity (Wildman–Crippen MR) is 79.7 cm³/mol. The van der Waals surface area contributed by atoms with E-state index in [0.29, 0.717) is 11.4 Å².